The number of ether oxygens (including phenoxy) is 2. The molecule has 0 aromatic heterocycles. The summed E-state index contributed by atoms with van der Waals surface area (Å²) in [6.45, 7) is 2.52. The van der Waals surface area contributed by atoms with E-state index in [-0.39, 0.29) is 11.6 Å². The molecule has 1 rings (SSSR count). The van der Waals surface area contributed by atoms with Crippen molar-refractivity contribution in [2.24, 2.45) is 0 Å². The van der Waals surface area contributed by atoms with E-state index >= 15 is 0 Å². The summed E-state index contributed by atoms with van der Waals surface area (Å²) >= 11 is 0. The first kappa shape index (κ1) is 10.9. The van der Waals surface area contributed by atoms with E-state index in [1.807, 2.05) is 21.0 Å². The quantitative estimate of drug-likeness (QED) is 0.667. The van der Waals surface area contributed by atoms with Crippen molar-refractivity contribution in [1.29, 1.82) is 0 Å². The minimum absolute atomic E-state index is 0.195. The van der Waals surface area contributed by atoms with Gasteiger partial charge in [-0.25, -0.2) is 0 Å². The van der Waals surface area contributed by atoms with Crippen LogP contribution in [0.3, 0.4) is 0 Å². The van der Waals surface area contributed by atoms with Gasteiger partial charge in [-0.1, -0.05) is 0 Å². The van der Waals surface area contributed by atoms with E-state index in [2.05, 4.69) is 4.90 Å². The van der Waals surface area contributed by atoms with Crippen molar-refractivity contribution in [2.75, 3.05) is 27.8 Å². The van der Waals surface area contributed by atoms with Crippen molar-refractivity contribution in [3.63, 3.8) is 0 Å². The highest BCUT2D eigenvalue weighted by atomic mass is 16.6. The van der Waals surface area contributed by atoms with Gasteiger partial charge in [-0.05, 0) is 21.0 Å². The van der Waals surface area contributed by atoms with Crippen LogP contribution < -0.4 is 0 Å². The van der Waals surface area contributed by atoms with E-state index in [0.29, 0.717) is 13.0 Å². The Kier molecular flexibility index (Phi) is 3.29. The monoisotopic (exact) mass is 189 g/mol. The van der Waals surface area contributed by atoms with Crippen LogP contribution in [0, 0.1) is 0 Å². The third kappa shape index (κ3) is 2.20. The van der Waals surface area contributed by atoms with E-state index in [1.54, 1.807) is 7.11 Å². The molecule has 0 spiro atoms. The van der Waals surface area contributed by atoms with Crippen molar-refractivity contribution < 1.29 is 14.6 Å². The molecule has 4 heteroatoms. The van der Waals surface area contributed by atoms with Crippen LogP contribution in [-0.4, -0.2) is 55.8 Å². The van der Waals surface area contributed by atoms with Crippen LogP contribution in [0.4, 0.5) is 0 Å². The van der Waals surface area contributed by atoms with Crippen molar-refractivity contribution in [2.45, 2.75) is 31.3 Å². The molecule has 3 atom stereocenters. The van der Waals surface area contributed by atoms with Crippen LogP contribution in [0.1, 0.15) is 13.3 Å². The molecule has 0 bridgehead atoms. The molecule has 0 aromatic carbocycles. The molecule has 1 heterocycles. The molecule has 1 aliphatic heterocycles. The number of hydrogen-bond acceptors (Lipinski definition) is 4. The zero-order valence-electron chi connectivity index (χ0n) is 8.78. The highest BCUT2D eigenvalue weighted by Crippen LogP contribution is 2.29. The standard InChI is InChI=1S/C9H19NO3/c1-9(12-4)5-8(11)13-6-7(9)10(2)3/h7-8,11H,5-6H2,1-4H3/t7-,8-,9-/m1/s1. The van der Waals surface area contributed by atoms with E-state index in [9.17, 15) is 5.11 Å². The largest absolute Gasteiger partial charge is 0.377 e. The predicted molar refractivity (Wildman–Crippen MR) is 49.5 cm³/mol. The number of methoxy groups -OCH3 is 1. The van der Waals surface area contributed by atoms with Crippen molar-refractivity contribution in [3.8, 4) is 0 Å². The fourth-order valence-electron chi connectivity index (χ4n) is 1.83. The van der Waals surface area contributed by atoms with Gasteiger partial charge < -0.3 is 19.5 Å². The summed E-state index contributed by atoms with van der Waals surface area (Å²) in [5.74, 6) is 0. The van der Waals surface area contributed by atoms with Gasteiger partial charge in [0.15, 0.2) is 6.29 Å². The van der Waals surface area contributed by atoms with Crippen molar-refractivity contribution in [1.82, 2.24) is 4.90 Å². The normalized spacial score (nSPS) is 41.1. The molecule has 0 aromatic rings. The lowest BCUT2D eigenvalue weighted by Gasteiger charge is -2.44. The average Bonchev–Trinajstić information content (AvgIpc) is 2.03. The van der Waals surface area contributed by atoms with E-state index < -0.39 is 6.29 Å². The van der Waals surface area contributed by atoms with Crippen LogP contribution in [0.15, 0.2) is 0 Å². The lowest BCUT2D eigenvalue weighted by atomic mass is 9.89. The lowest BCUT2D eigenvalue weighted by molar-refractivity contribution is -0.216. The minimum Gasteiger partial charge on any atom is -0.377 e. The third-order valence-corrected chi connectivity index (χ3v) is 2.82. The van der Waals surface area contributed by atoms with Crippen molar-refractivity contribution >= 4 is 0 Å². The van der Waals surface area contributed by atoms with Crippen LogP contribution in [0.2, 0.25) is 0 Å². The first-order valence-electron chi connectivity index (χ1n) is 4.51. The van der Waals surface area contributed by atoms with Crippen LogP contribution in [0.25, 0.3) is 0 Å². The van der Waals surface area contributed by atoms with Crippen molar-refractivity contribution in [3.05, 3.63) is 0 Å². The molecule has 4 nitrogen and oxygen atoms in total. The minimum atomic E-state index is -0.693. The topological polar surface area (TPSA) is 41.9 Å². The Morgan fingerprint density at radius 1 is 1.54 bits per heavy atom. The summed E-state index contributed by atoms with van der Waals surface area (Å²) in [7, 11) is 5.65. The van der Waals surface area contributed by atoms with Gasteiger partial charge >= 0.3 is 0 Å². The second-order valence-electron chi connectivity index (χ2n) is 3.99. The molecule has 0 saturated carbocycles. The molecular weight excluding hydrogens is 170 g/mol. The second-order valence-corrected chi connectivity index (χ2v) is 3.99. The van der Waals surface area contributed by atoms with Gasteiger partial charge in [-0.2, -0.15) is 0 Å². The Labute approximate surface area is 79.4 Å². The first-order chi connectivity index (χ1) is 5.99. The number of likely N-dealkylation sites (N-methyl/N-ethyl adjacent to an activating group) is 1. The van der Waals surface area contributed by atoms with Gasteiger partial charge in [0.05, 0.1) is 18.2 Å². The molecule has 1 saturated heterocycles. The molecule has 0 amide bonds. The van der Waals surface area contributed by atoms with Gasteiger partial charge in [0.2, 0.25) is 0 Å². The molecule has 1 N–H and O–H groups in total. The summed E-state index contributed by atoms with van der Waals surface area (Å²) in [6, 6.07) is 0.195. The fourth-order valence-corrected chi connectivity index (χ4v) is 1.83. The summed E-state index contributed by atoms with van der Waals surface area (Å²) < 4.78 is 10.6. The van der Waals surface area contributed by atoms with E-state index in [0.717, 1.165) is 0 Å². The Hall–Kier alpha value is -0.160. The van der Waals surface area contributed by atoms with Gasteiger partial charge in [0, 0.05) is 13.5 Å². The number of rotatable bonds is 2. The third-order valence-electron chi connectivity index (χ3n) is 2.82. The van der Waals surface area contributed by atoms with Crippen LogP contribution >= 0.6 is 0 Å². The summed E-state index contributed by atoms with van der Waals surface area (Å²) in [5.41, 5.74) is -0.318. The molecule has 1 aliphatic rings. The molecule has 0 radical (unpaired) electrons. The Morgan fingerprint density at radius 2 is 2.15 bits per heavy atom. The van der Waals surface area contributed by atoms with Crippen LogP contribution in [-0.2, 0) is 9.47 Å². The van der Waals surface area contributed by atoms with Gasteiger partial charge in [-0.15, -0.1) is 0 Å². The Balaban J connectivity index is 2.72. The number of aliphatic hydroxyl groups is 1. The maximum atomic E-state index is 9.35. The highest BCUT2D eigenvalue weighted by Gasteiger charge is 2.42. The molecule has 1 fully saturated rings. The summed E-state index contributed by atoms with van der Waals surface area (Å²) in [4.78, 5) is 2.06. The van der Waals surface area contributed by atoms with E-state index in [1.165, 1.54) is 0 Å². The molecular formula is C9H19NO3. The maximum absolute atomic E-state index is 9.35. The number of nitrogens with zero attached hydrogens (tertiary/aromatic N) is 1. The summed E-state index contributed by atoms with van der Waals surface area (Å²) in [6.07, 6.45) is -0.173. The molecule has 13 heavy (non-hydrogen) atoms. The number of aliphatic hydroxyl groups excluding tert-OH is 1. The second kappa shape index (κ2) is 3.92. The average molecular weight is 189 g/mol. The number of hydrogen-bond donors (Lipinski definition) is 1. The summed E-state index contributed by atoms with van der Waals surface area (Å²) in [5, 5.41) is 9.35. The smallest absolute Gasteiger partial charge is 0.157 e. The maximum Gasteiger partial charge on any atom is 0.157 e. The Morgan fingerprint density at radius 3 is 2.62 bits per heavy atom. The molecule has 0 unspecified atom stereocenters. The Bertz CT molecular complexity index is 174. The zero-order chi connectivity index (χ0) is 10.1. The van der Waals surface area contributed by atoms with E-state index in [4.69, 9.17) is 9.47 Å². The lowest BCUT2D eigenvalue weighted by Crippen LogP contribution is -2.57. The highest BCUT2D eigenvalue weighted by molar-refractivity contribution is 4.92. The zero-order valence-corrected chi connectivity index (χ0v) is 8.78. The fraction of sp³-hybridized carbons (Fsp3) is 1.00. The molecule has 78 valence electrons. The van der Waals surface area contributed by atoms with Gasteiger partial charge in [-0.3, -0.25) is 0 Å². The predicted octanol–water partition coefficient (Wildman–Crippen LogP) is 0.0604. The van der Waals surface area contributed by atoms with Crippen LogP contribution in [0.5, 0.6) is 0 Å². The van der Waals surface area contributed by atoms with Gasteiger partial charge in [0.1, 0.15) is 0 Å². The first-order valence-corrected chi connectivity index (χ1v) is 4.51. The molecule has 0 aliphatic carbocycles. The SMILES string of the molecule is CO[C@]1(C)C[C@H](O)OC[C@H]1N(C)C. The van der Waals surface area contributed by atoms with Gasteiger partial charge in [0.25, 0.3) is 0 Å².